The Morgan fingerprint density at radius 1 is 1.07 bits per heavy atom. The number of carbonyl (C=O) groups is 3. The molecule has 0 spiro atoms. The number of rotatable bonds is 3. The van der Waals surface area contributed by atoms with Gasteiger partial charge in [-0.3, -0.25) is 14.4 Å². The van der Waals surface area contributed by atoms with Crippen LogP contribution in [0.3, 0.4) is 0 Å². The van der Waals surface area contributed by atoms with Crippen molar-refractivity contribution in [1.29, 1.82) is 0 Å². The van der Waals surface area contributed by atoms with Crippen molar-refractivity contribution in [2.24, 2.45) is 0 Å². The Morgan fingerprint density at radius 2 is 1.83 bits per heavy atom. The summed E-state index contributed by atoms with van der Waals surface area (Å²) in [6.07, 6.45) is 5.33. The molecule has 3 amide bonds. The predicted molar refractivity (Wildman–Crippen MR) is 110 cm³/mol. The van der Waals surface area contributed by atoms with Gasteiger partial charge in [0.2, 0.25) is 0 Å². The normalized spacial score (nSPS) is 19.0. The van der Waals surface area contributed by atoms with Crippen molar-refractivity contribution in [3.8, 4) is 5.75 Å². The van der Waals surface area contributed by atoms with Crippen LogP contribution in [0.4, 0.5) is 5.69 Å². The smallest absolute Gasteiger partial charge is 0.257 e. The van der Waals surface area contributed by atoms with Crippen molar-refractivity contribution in [3.05, 3.63) is 65.7 Å². The molecule has 6 heteroatoms. The van der Waals surface area contributed by atoms with Gasteiger partial charge in [-0.1, -0.05) is 24.3 Å². The van der Waals surface area contributed by atoms with E-state index in [1.54, 1.807) is 54.5 Å². The lowest BCUT2D eigenvalue weighted by atomic mass is 10.0. The second kappa shape index (κ2) is 7.91. The number of hydrogen-bond acceptors (Lipinski definition) is 4. The Morgan fingerprint density at radius 3 is 2.59 bits per heavy atom. The molecule has 0 aromatic heterocycles. The summed E-state index contributed by atoms with van der Waals surface area (Å²) in [7, 11) is 1.59. The van der Waals surface area contributed by atoms with Gasteiger partial charge in [-0.05, 0) is 55.2 Å². The largest absolute Gasteiger partial charge is 0.497 e. The molecule has 1 saturated heterocycles. The van der Waals surface area contributed by atoms with Crippen molar-refractivity contribution in [2.75, 3.05) is 18.6 Å². The highest BCUT2D eigenvalue weighted by Crippen LogP contribution is 2.32. The van der Waals surface area contributed by atoms with Crippen LogP contribution in [0.2, 0.25) is 0 Å². The van der Waals surface area contributed by atoms with Gasteiger partial charge in [0.05, 0.1) is 18.4 Å². The van der Waals surface area contributed by atoms with Crippen molar-refractivity contribution < 1.29 is 19.1 Å². The predicted octanol–water partition coefficient (Wildman–Crippen LogP) is 3.28. The molecule has 6 nitrogen and oxygen atoms in total. The van der Waals surface area contributed by atoms with E-state index in [1.165, 1.54) is 6.08 Å². The maximum absolute atomic E-state index is 13.3. The quantitative estimate of drug-likeness (QED) is 0.755. The number of piperidine rings is 1. The molecule has 2 aromatic rings. The molecule has 0 bridgehead atoms. The highest BCUT2D eigenvalue weighted by atomic mass is 16.5. The molecule has 148 valence electrons. The monoisotopic (exact) mass is 390 g/mol. The molecule has 2 heterocycles. The van der Waals surface area contributed by atoms with E-state index in [-0.39, 0.29) is 11.8 Å². The third kappa shape index (κ3) is 3.53. The SMILES string of the molecule is COc1ccc(/C=C/C(=O)N2C(=O)[C@H]3CCCCN3C(=O)c3ccccc32)cc1. The second-order valence-corrected chi connectivity index (χ2v) is 7.15. The number of amides is 3. The van der Waals surface area contributed by atoms with E-state index in [2.05, 4.69) is 0 Å². The molecule has 0 saturated carbocycles. The van der Waals surface area contributed by atoms with E-state index < -0.39 is 11.9 Å². The van der Waals surface area contributed by atoms with E-state index in [0.29, 0.717) is 24.2 Å². The van der Waals surface area contributed by atoms with E-state index in [0.717, 1.165) is 29.1 Å². The highest BCUT2D eigenvalue weighted by Gasteiger charge is 2.42. The fourth-order valence-corrected chi connectivity index (χ4v) is 3.89. The summed E-state index contributed by atoms with van der Waals surface area (Å²) in [6, 6.07) is 13.5. The van der Waals surface area contributed by atoms with Gasteiger partial charge < -0.3 is 9.64 Å². The van der Waals surface area contributed by atoms with Gasteiger partial charge in [-0.25, -0.2) is 4.90 Å². The molecule has 4 rings (SSSR count). The minimum Gasteiger partial charge on any atom is -0.497 e. The van der Waals surface area contributed by atoms with Crippen LogP contribution < -0.4 is 9.64 Å². The van der Waals surface area contributed by atoms with Crippen LogP contribution in [0.15, 0.2) is 54.6 Å². The van der Waals surface area contributed by atoms with E-state index in [1.807, 2.05) is 12.1 Å². The molecular formula is C23H22N2O4. The summed E-state index contributed by atoms with van der Waals surface area (Å²) in [5.41, 5.74) is 1.54. The summed E-state index contributed by atoms with van der Waals surface area (Å²) >= 11 is 0. The fourth-order valence-electron chi connectivity index (χ4n) is 3.89. The minimum atomic E-state index is -0.595. The lowest BCUT2D eigenvalue weighted by molar-refractivity contribution is -0.128. The number of para-hydroxylation sites is 1. The first-order chi connectivity index (χ1) is 14.1. The zero-order chi connectivity index (χ0) is 20.4. The first kappa shape index (κ1) is 18.9. The number of fused-ring (bicyclic) bond motifs is 2. The van der Waals surface area contributed by atoms with E-state index in [4.69, 9.17) is 4.74 Å². The number of methoxy groups -OCH3 is 1. The van der Waals surface area contributed by atoms with Gasteiger partial charge in [0.1, 0.15) is 11.8 Å². The maximum Gasteiger partial charge on any atom is 0.257 e. The lowest BCUT2D eigenvalue weighted by Gasteiger charge is -2.33. The van der Waals surface area contributed by atoms with Crippen LogP contribution >= 0.6 is 0 Å². The Balaban J connectivity index is 1.69. The van der Waals surface area contributed by atoms with Crippen molar-refractivity contribution in [1.82, 2.24) is 4.90 Å². The molecule has 1 atom stereocenters. The summed E-state index contributed by atoms with van der Waals surface area (Å²) < 4.78 is 5.14. The Hall–Kier alpha value is -3.41. The molecule has 1 fully saturated rings. The molecule has 0 unspecified atom stereocenters. The van der Waals surface area contributed by atoms with Crippen LogP contribution in [-0.4, -0.2) is 42.3 Å². The molecule has 2 aromatic carbocycles. The van der Waals surface area contributed by atoms with Gasteiger partial charge in [0, 0.05) is 12.6 Å². The average Bonchev–Trinajstić information content (AvgIpc) is 2.86. The summed E-state index contributed by atoms with van der Waals surface area (Å²) in [6.45, 7) is 0.535. The van der Waals surface area contributed by atoms with Crippen LogP contribution in [0.5, 0.6) is 5.75 Å². The van der Waals surface area contributed by atoms with Gasteiger partial charge in [-0.15, -0.1) is 0 Å². The van der Waals surface area contributed by atoms with Gasteiger partial charge in [0.15, 0.2) is 0 Å². The Kier molecular flexibility index (Phi) is 5.16. The highest BCUT2D eigenvalue weighted by molar-refractivity contribution is 6.25. The molecule has 29 heavy (non-hydrogen) atoms. The number of nitrogens with zero attached hydrogens (tertiary/aromatic N) is 2. The summed E-state index contributed by atoms with van der Waals surface area (Å²) in [4.78, 5) is 42.2. The van der Waals surface area contributed by atoms with Crippen molar-refractivity contribution in [2.45, 2.75) is 25.3 Å². The number of carbonyl (C=O) groups excluding carboxylic acids is 3. The Labute approximate surface area is 169 Å². The third-order valence-corrected chi connectivity index (χ3v) is 5.40. The number of hydrogen-bond donors (Lipinski definition) is 0. The van der Waals surface area contributed by atoms with Crippen LogP contribution in [0.1, 0.15) is 35.2 Å². The van der Waals surface area contributed by atoms with Crippen LogP contribution in [-0.2, 0) is 9.59 Å². The molecule has 2 aliphatic heterocycles. The van der Waals surface area contributed by atoms with Gasteiger partial charge in [-0.2, -0.15) is 0 Å². The number of ether oxygens (including phenoxy) is 1. The molecule has 2 aliphatic rings. The summed E-state index contributed by atoms with van der Waals surface area (Å²) in [5.74, 6) is -0.264. The van der Waals surface area contributed by atoms with Gasteiger partial charge in [0.25, 0.3) is 17.7 Å². The van der Waals surface area contributed by atoms with Gasteiger partial charge >= 0.3 is 0 Å². The van der Waals surface area contributed by atoms with Crippen molar-refractivity contribution in [3.63, 3.8) is 0 Å². The third-order valence-electron chi connectivity index (χ3n) is 5.40. The van der Waals surface area contributed by atoms with Crippen LogP contribution in [0, 0.1) is 0 Å². The number of anilines is 1. The fraction of sp³-hybridized carbons (Fsp3) is 0.261. The average molecular weight is 390 g/mol. The summed E-state index contributed by atoms with van der Waals surface area (Å²) in [5, 5.41) is 0. The molecule has 0 aliphatic carbocycles. The molecule has 0 N–H and O–H groups in total. The number of benzene rings is 2. The van der Waals surface area contributed by atoms with Crippen molar-refractivity contribution >= 4 is 29.5 Å². The Bertz CT molecular complexity index is 981. The first-order valence-corrected chi connectivity index (χ1v) is 9.70. The van der Waals surface area contributed by atoms with Crippen LogP contribution in [0.25, 0.3) is 6.08 Å². The minimum absolute atomic E-state index is 0.187. The van der Waals surface area contributed by atoms with E-state index in [9.17, 15) is 14.4 Å². The first-order valence-electron chi connectivity index (χ1n) is 9.70. The number of imide groups is 1. The lowest BCUT2D eigenvalue weighted by Crippen LogP contribution is -2.51. The maximum atomic E-state index is 13.3. The zero-order valence-corrected chi connectivity index (χ0v) is 16.2. The molecular weight excluding hydrogens is 368 g/mol. The zero-order valence-electron chi connectivity index (χ0n) is 16.2. The topological polar surface area (TPSA) is 66.9 Å². The standard InChI is InChI=1S/C23H22N2O4/c1-29-17-12-9-16(10-13-17)11-14-21(26)25-19-7-3-2-6-18(19)22(27)24-15-5-4-8-20(24)23(25)28/h2-3,6-7,9-14,20H,4-5,8,15H2,1H3/b14-11+/t20-/m1/s1. The van der Waals surface area contributed by atoms with E-state index >= 15 is 0 Å². The molecule has 0 radical (unpaired) electrons. The second-order valence-electron chi connectivity index (χ2n) is 7.15.